The second-order valence-corrected chi connectivity index (χ2v) is 5.94. The molecule has 4 nitrogen and oxygen atoms in total. The summed E-state index contributed by atoms with van der Waals surface area (Å²) in [5.41, 5.74) is 0.911. The molecule has 0 saturated carbocycles. The van der Waals surface area contributed by atoms with Crippen molar-refractivity contribution in [2.75, 3.05) is 7.05 Å². The number of guanidine groups is 1. The second-order valence-electron chi connectivity index (χ2n) is 5.53. The first-order valence-corrected chi connectivity index (χ1v) is 7.60. The quantitative estimate of drug-likeness (QED) is 0.432. The Kier molecular flexibility index (Phi) is 6.28. The van der Waals surface area contributed by atoms with Crippen LogP contribution in [0.2, 0.25) is 5.02 Å². The summed E-state index contributed by atoms with van der Waals surface area (Å²) in [7, 11) is 1.74. The average Bonchev–Trinajstić information content (AvgIpc) is 3.09. The van der Waals surface area contributed by atoms with E-state index in [1.165, 1.54) is 12.5 Å². The summed E-state index contributed by atoms with van der Waals surface area (Å²) in [6.07, 6.45) is 4.03. The molecule has 2 saturated heterocycles. The highest BCUT2D eigenvalue weighted by atomic mass is 127. The third-order valence-electron chi connectivity index (χ3n) is 4.10. The molecular weight excluding hydrogens is 420 g/mol. The minimum Gasteiger partial charge on any atom is -0.373 e. The number of ether oxygens (including phenoxy) is 1. The topological polar surface area (TPSA) is 45.7 Å². The lowest BCUT2D eigenvalue weighted by atomic mass is 9.96. The Labute approximate surface area is 151 Å². The molecule has 0 spiro atoms. The van der Waals surface area contributed by atoms with Crippen LogP contribution in [0.4, 0.5) is 4.39 Å². The van der Waals surface area contributed by atoms with E-state index in [1.54, 1.807) is 19.2 Å². The Hall–Kier alpha value is -0.600. The van der Waals surface area contributed by atoms with E-state index in [1.807, 2.05) is 0 Å². The van der Waals surface area contributed by atoms with Gasteiger partial charge in [0.25, 0.3) is 0 Å². The first-order chi connectivity index (χ1) is 10.2. The normalized spacial score (nSPS) is 26.7. The lowest BCUT2D eigenvalue weighted by molar-refractivity contribution is 0.0992. The van der Waals surface area contributed by atoms with Gasteiger partial charge in [0.05, 0.1) is 23.3 Å². The highest BCUT2D eigenvalue weighted by molar-refractivity contribution is 14.0. The maximum atomic E-state index is 13.1. The van der Waals surface area contributed by atoms with Gasteiger partial charge < -0.3 is 15.4 Å². The van der Waals surface area contributed by atoms with Crippen LogP contribution < -0.4 is 10.6 Å². The van der Waals surface area contributed by atoms with Crippen molar-refractivity contribution in [2.45, 2.75) is 44.1 Å². The number of hydrogen-bond acceptors (Lipinski definition) is 2. The zero-order valence-corrected chi connectivity index (χ0v) is 15.4. The Morgan fingerprint density at radius 1 is 1.45 bits per heavy atom. The number of benzene rings is 1. The van der Waals surface area contributed by atoms with Gasteiger partial charge in [0.1, 0.15) is 5.82 Å². The molecule has 2 aliphatic heterocycles. The molecule has 1 aromatic carbocycles. The van der Waals surface area contributed by atoms with Gasteiger partial charge in [0.15, 0.2) is 5.96 Å². The molecule has 3 atom stereocenters. The van der Waals surface area contributed by atoms with Gasteiger partial charge in [-0.15, -0.1) is 24.0 Å². The number of halogens is 3. The van der Waals surface area contributed by atoms with Crippen LogP contribution in [0.25, 0.3) is 0 Å². The fourth-order valence-electron chi connectivity index (χ4n) is 3.00. The van der Waals surface area contributed by atoms with Crippen molar-refractivity contribution in [1.82, 2.24) is 10.6 Å². The van der Waals surface area contributed by atoms with Crippen molar-refractivity contribution in [1.29, 1.82) is 0 Å². The fourth-order valence-corrected chi connectivity index (χ4v) is 3.20. The molecule has 0 radical (unpaired) electrons. The smallest absolute Gasteiger partial charge is 0.191 e. The van der Waals surface area contributed by atoms with Gasteiger partial charge in [-0.1, -0.05) is 17.7 Å². The standard InChI is InChI=1S/C15H19ClFN3O.HI/c1-18-15(20-13-7-10-3-5-14(13)21-10)19-8-9-2-4-12(17)11(16)6-9;/h2,4,6,10,13-14H,3,5,7-8H2,1H3,(H2,18,19,20);1H. The van der Waals surface area contributed by atoms with Crippen molar-refractivity contribution in [3.63, 3.8) is 0 Å². The molecule has 1 aromatic rings. The molecule has 2 heterocycles. The number of nitrogens with zero attached hydrogens (tertiary/aromatic N) is 1. The van der Waals surface area contributed by atoms with Crippen LogP contribution in [0, 0.1) is 5.82 Å². The first kappa shape index (κ1) is 17.7. The van der Waals surface area contributed by atoms with Crippen molar-refractivity contribution >= 4 is 41.5 Å². The van der Waals surface area contributed by atoms with Crippen molar-refractivity contribution < 1.29 is 9.13 Å². The van der Waals surface area contributed by atoms with Gasteiger partial charge in [0, 0.05) is 13.6 Å². The summed E-state index contributed by atoms with van der Waals surface area (Å²) in [6, 6.07) is 5.03. The van der Waals surface area contributed by atoms with Crippen LogP contribution in [-0.4, -0.2) is 31.3 Å². The van der Waals surface area contributed by atoms with Crippen LogP contribution in [0.3, 0.4) is 0 Å². The van der Waals surface area contributed by atoms with E-state index in [-0.39, 0.29) is 29.0 Å². The summed E-state index contributed by atoms with van der Waals surface area (Å²) in [5, 5.41) is 6.76. The predicted molar refractivity (Wildman–Crippen MR) is 96.5 cm³/mol. The summed E-state index contributed by atoms with van der Waals surface area (Å²) >= 11 is 5.78. The molecule has 7 heteroatoms. The molecule has 0 aromatic heterocycles. The van der Waals surface area contributed by atoms with E-state index in [9.17, 15) is 4.39 Å². The Morgan fingerprint density at radius 3 is 2.86 bits per heavy atom. The van der Waals surface area contributed by atoms with Crippen molar-refractivity contribution in [3.05, 3.63) is 34.6 Å². The Balaban J connectivity index is 0.00000176. The van der Waals surface area contributed by atoms with Crippen LogP contribution in [0.15, 0.2) is 23.2 Å². The van der Waals surface area contributed by atoms with E-state index in [0.29, 0.717) is 24.8 Å². The van der Waals surface area contributed by atoms with E-state index in [2.05, 4.69) is 15.6 Å². The maximum Gasteiger partial charge on any atom is 0.191 e. The Morgan fingerprint density at radius 2 is 2.27 bits per heavy atom. The first-order valence-electron chi connectivity index (χ1n) is 7.22. The molecule has 122 valence electrons. The fraction of sp³-hybridized carbons (Fsp3) is 0.533. The van der Waals surface area contributed by atoms with Crippen LogP contribution >= 0.6 is 35.6 Å². The number of fused-ring (bicyclic) bond motifs is 2. The average molecular weight is 440 g/mol. The van der Waals surface area contributed by atoms with Gasteiger partial charge in [-0.05, 0) is 37.0 Å². The van der Waals surface area contributed by atoms with Gasteiger partial charge in [-0.2, -0.15) is 0 Å². The van der Waals surface area contributed by atoms with E-state index in [0.717, 1.165) is 24.4 Å². The number of hydrogen-bond donors (Lipinski definition) is 2. The van der Waals surface area contributed by atoms with Gasteiger partial charge in [-0.3, -0.25) is 4.99 Å². The molecule has 22 heavy (non-hydrogen) atoms. The highest BCUT2D eigenvalue weighted by Crippen LogP contribution is 2.34. The van der Waals surface area contributed by atoms with Gasteiger partial charge in [-0.25, -0.2) is 4.39 Å². The van der Waals surface area contributed by atoms with Crippen molar-refractivity contribution in [3.8, 4) is 0 Å². The minimum absolute atomic E-state index is 0. The highest BCUT2D eigenvalue weighted by Gasteiger charge is 2.41. The zero-order valence-electron chi connectivity index (χ0n) is 12.3. The predicted octanol–water partition coefficient (Wildman–Crippen LogP) is 3.08. The summed E-state index contributed by atoms with van der Waals surface area (Å²) in [5.74, 6) is 0.332. The lowest BCUT2D eigenvalue weighted by Gasteiger charge is -2.22. The SMILES string of the molecule is CN=C(NCc1ccc(F)c(Cl)c1)NC1CC2CCC1O2.I. The van der Waals surface area contributed by atoms with Crippen molar-refractivity contribution in [2.24, 2.45) is 4.99 Å². The zero-order chi connectivity index (χ0) is 14.8. The number of aliphatic imine (C=N–C) groups is 1. The molecule has 2 fully saturated rings. The molecule has 0 aliphatic carbocycles. The summed E-state index contributed by atoms with van der Waals surface area (Å²) in [4.78, 5) is 4.22. The molecule has 2 bridgehead atoms. The van der Waals surface area contributed by atoms with Gasteiger partial charge in [0.2, 0.25) is 0 Å². The summed E-state index contributed by atoms with van der Waals surface area (Å²) < 4.78 is 18.9. The largest absolute Gasteiger partial charge is 0.373 e. The molecule has 2 N–H and O–H groups in total. The van der Waals surface area contributed by atoms with Crippen LogP contribution in [0.5, 0.6) is 0 Å². The second kappa shape index (κ2) is 7.79. The molecular formula is C15H20ClFIN3O. The number of nitrogens with one attached hydrogen (secondary N) is 2. The van der Waals surface area contributed by atoms with Gasteiger partial charge >= 0.3 is 0 Å². The molecule has 2 aliphatic rings. The third-order valence-corrected chi connectivity index (χ3v) is 4.39. The maximum absolute atomic E-state index is 13.1. The van der Waals surface area contributed by atoms with E-state index < -0.39 is 5.82 Å². The van der Waals surface area contributed by atoms with E-state index >= 15 is 0 Å². The van der Waals surface area contributed by atoms with Crippen LogP contribution in [0.1, 0.15) is 24.8 Å². The monoisotopic (exact) mass is 439 g/mol. The molecule has 3 unspecified atom stereocenters. The Bertz CT molecular complexity index is 558. The third kappa shape index (κ3) is 4.02. The number of rotatable bonds is 3. The minimum atomic E-state index is -0.401. The molecule has 0 amide bonds. The summed E-state index contributed by atoms with van der Waals surface area (Å²) in [6.45, 7) is 0.543. The van der Waals surface area contributed by atoms with Crippen LogP contribution in [-0.2, 0) is 11.3 Å². The van der Waals surface area contributed by atoms with E-state index in [4.69, 9.17) is 16.3 Å². The molecule has 3 rings (SSSR count). The lowest BCUT2D eigenvalue weighted by Crippen LogP contribution is -2.47.